The third-order valence-electron chi connectivity index (χ3n) is 3.01. The molecule has 2 aromatic carbocycles. The van der Waals surface area contributed by atoms with Gasteiger partial charge in [0.05, 0.1) is 10.7 Å². The number of nitrogens with two attached hydrogens (primary N) is 1. The highest BCUT2D eigenvalue weighted by molar-refractivity contribution is 14.1. The van der Waals surface area contributed by atoms with Gasteiger partial charge in [-0.2, -0.15) is 0 Å². The SMILES string of the molecule is Nc1c(C(=O)Nc2ccc(I)cc2)sc2cccc(Cl)c12. The summed E-state index contributed by atoms with van der Waals surface area (Å²) in [5.41, 5.74) is 7.26. The molecule has 0 unspecified atom stereocenters. The molecule has 0 radical (unpaired) electrons. The Morgan fingerprint density at radius 3 is 2.57 bits per heavy atom. The van der Waals surface area contributed by atoms with E-state index in [-0.39, 0.29) is 5.91 Å². The zero-order valence-corrected chi connectivity index (χ0v) is 14.4. The molecule has 0 saturated heterocycles. The number of anilines is 2. The topological polar surface area (TPSA) is 55.1 Å². The molecule has 6 heteroatoms. The maximum absolute atomic E-state index is 12.4. The second kappa shape index (κ2) is 5.82. The molecule has 106 valence electrons. The molecule has 21 heavy (non-hydrogen) atoms. The summed E-state index contributed by atoms with van der Waals surface area (Å²) in [6.45, 7) is 0. The Morgan fingerprint density at radius 1 is 1.19 bits per heavy atom. The summed E-state index contributed by atoms with van der Waals surface area (Å²) in [6, 6.07) is 13.1. The third-order valence-corrected chi connectivity index (χ3v) is 5.21. The summed E-state index contributed by atoms with van der Waals surface area (Å²) < 4.78 is 2.02. The number of benzene rings is 2. The molecular formula is C15H10ClIN2OS. The van der Waals surface area contributed by atoms with Crippen molar-refractivity contribution in [3.05, 3.63) is 55.9 Å². The fraction of sp³-hybridized carbons (Fsp3) is 0. The Labute approximate surface area is 144 Å². The Morgan fingerprint density at radius 2 is 1.90 bits per heavy atom. The van der Waals surface area contributed by atoms with Gasteiger partial charge < -0.3 is 11.1 Å². The smallest absolute Gasteiger partial charge is 0.267 e. The number of amides is 1. The molecule has 0 bridgehead atoms. The van der Waals surface area contributed by atoms with Crippen molar-refractivity contribution in [2.24, 2.45) is 0 Å². The van der Waals surface area contributed by atoms with Crippen molar-refractivity contribution in [1.82, 2.24) is 0 Å². The van der Waals surface area contributed by atoms with Crippen LogP contribution in [0.3, 0.4) is 0 Å². The summed E-state index contributed by atoms with van der Waals surface area (Å²) in [4.78, 5) is 12.9. The van der Waals surface area contributed by atoms with Gasteiger partial charge in [-0.05, 0) is 59.0 Å². The highest BCUT2D eigenvalue weighted by atomic mass is 127. The van der Waals surface area contributed by atoms with Crippen LogP contribution in [0.5, 0.6) is 0 Å². The van der Waals surface area contributed by atoms with Gasteiger partial charge in [-0.25, -0.2) is 0 Å². The van der Waals surface area contributed by atoms with E-state index in [9.17, 15) is 4.79 Å². The standard InChI is InChI=1S/C15H10ClIN2OS/c16-10-2-1-3-11-12(10)13(18)14(21-11)15(20)19-9-6-4-8(17)5-7-9/h1-7H,18H2,(H,19,20). The quantitative estimate of drug-likeness (QED) is 0.565. The van der Waals surface area contributed by atoms with Crippen LogP contribution in [-0.2, 0) is 0 Å². The number of carbonyl (C=O) groups excluding carboxylic acids is 1. The van der Waals surface area contributed by atoms with Crippen molar-refractivity contribution in [3.8, 4) is 0 Å². The predicted molar refractivity (Wildman–Crippen MR) is 98.4 cm³/mol. The van der Waals surface area contributed by atoms with Crippen LogP contribution in [0, 0.1) is 3.57 Å². The van der Waals surface area contributed by atoms with Crippen LogP contribution in [0.15, 0.2) is 42.5 Å². The lowest BCUT2D eigenvalue weighted by Crippen LogP contribution is -2.11. The van der Waals surface area contributed by atoms with E-state index >= 15 is 0 Å². The Bertz CT molecular complexity index is 830. The van der Waals surface area contributed by atoms with Gasteiger partial charge in [0.2, 0.25) is 0 Å². The summed E-state index contributed by atoms with van der Waals surface area (Å²) in [6.07, 6.45) is 0. The zero-order valence-electron chi connectivity index (χ0n) is 10.7. The van der Waals surface area contributed by atoms with Crippen molar-refractivity contribution < 1.29 is 4.79 Å². The summed E-state index contributed by atoms with van der Waals surface area (Å²) >= 11 is 9.71. The largest absolute Gasteiger partial charge is 0.397 e. The highest BCUT2D eigenvalue weighted by Crippen LogP contribution is 2.38. The van der Waals surface area contributed by atoms with Gasteiger partial charge in [-0.1, -0.05) is 17.7 Å². The number of halogens is 2. The molecule has 0 spiro atoms. The lowest BCUT2D eigenvalue weighted by Gasteiger charge is -2.04. The lowest BCUT2D eigenvalue weighted by molar-refractivity contribution is 0.103. The molecule has 1 amide bonds. The van der Waals surface area contributed by atoms with Crippen LogP contribution >= 0.6 is 45.5 Å². The van der Waals surface area contributed by atoms with Gasteiger partial charge in [-0.15, -0.1) is 11.3 Å². The summed E-state index contributed by atoms with van der Waals surface area (Å²) in [7, 11) is 0. The molecule has 0 aliphatic heterocycles. The first-order chi connectivity index (χ1) is 10.1. The number of thiophene rings is 1. The molecule has 3 N–H and O–H groups in total. The first-order valence-corrected chi connectivity index (χ1v) is 8.37. The van der Waals surface area contributed by atoms with E-state index in [0.717, 1.165) is 19.3 Å². The Kier molecular flexibility index (Phi) is 4.05. The molecule has 1 heterocycles. The second-order valence-corrected chi connectivity index (χ2v) is 7.12. The molecule has 0 aliphatic carbocycles. The average molecular weight is 429 g/mol. The average Bonchev–Trinajstić information content (AvgIpc) is 2.80. The number of hydrogen-bond acceptors (Lipinski definition) is 3. The molecule has 0 fully saturated rings. The highest BCUT2D eigenvalue weighted by Gasteiger charge is 2.18. The van der Waals surface area contributed by atoms with E-state index in [1.165, 1.54) is 11.3 Å². The van der Waals surface area contributed by atoms with E-state index in [4.69, 9.17) is 17.3 Å². The Balaban J connectivity index is 1.96. The van der Waals surface area contributed by atoms with Crippen LogP contribution in [0.1, 0.15) is 9.67 Å². The van der Waals surface area contributed by atoms with Crippen molar-refractivity contribution >= 4 is 72.9 Å². The van der Waals surface area contributed by atoms with E-state index < -0.39 is 0 Å². The number of carbonyl (C=O) groups is 1. The summed E-state index contributed by atoms with van der Waals surface area (Å²) in [5.74, 6) is -0.217. The minimum Gasteiger partial charge on any atom is -0.397 e. The first-order valence-electron chi connectivity index (χ1n) is 6.09. The van der Waals surface area contributed by atoms with Crippen molar-refractivity contribution in [1.29, 1.82) is 0 Å². The second-order valence-electron chi connectivity index (χ2n) is 4.42. The van der Waals surface area contributed by atoms with Gasteiger partial charge >= 0.3 is 0 Å². The zero-order chi connectivity index (χ0) is 15.0. The molecule has 1 aromatic heterocycles. The van der Waals surface area contributed by atoms with Crippen molar-refractivity contribution in [2.45, 2.75) is 0 Å². The number of nitrogen functional groups attached to an aromatic ring is 1. The van der Waals surface area contributed by atoms with Gasteiger partial charge in [0.25, 0.3) is 5.91 Å². The van der Waals surface area contributed by atoms with Gasteiger partial charge in [0, 0.05) is 19.3 Å². The maximum Gasteiger partial charge on any atom is 0.267 e. The van der Waals surface area contributed by atoms with Crippen molar-refractivity contribution in [2.75, 3.05) is 11.1 Å². The van der Waals surface area contributed by atoms with Gasteiger partial charge in [-0.3, -0.25) is 4.79 Å². The van der Waals surface area contributed by atoms with E-state index in [1.54, 1.807) is 6.07 Å². The molecule has 0 aliphatic rings. The van der Waals surface area contributed by atoms with Gasteiger partial charge in [0.15, 0.2) is 0 Å². The summed E-state index contributed by atoms with van der Waals surface area (Å²) in [5, 5.41) is 4.16. The predicted octanol–water partition coefficient (Wildman–Crippen LogP) is 4.99. The molecular weight excluding hydrogens is 419 g/mol. The van der Waals surface area contributed by atoms with Crippen LogP contribution in [-0.4, -0.2) is 5.91 Å². The number of hydrogen-bond donors (Lipinski definition) is 2. The molecule has 0 saturated carbocycles. The fourth-order valence-electron chi connectivity index (χ4n) is 2.02. The molecule has 0 atom stereocenters. The third kappa shape index (κ3) is 2.86. The number of rotatable bonds is 2. The normalized spacial score (nSPS) is 10.8. The minimum absolute atomic E-state index is 0.217. The maximum atomic E-state index is 12.4. The molecule has 3 rings (SSSR count). The van der Waals surface area contributed by atoms with Gasteiger partial charge in [0.1, 0.15) is 4.88 Å². The van der Waals surface area contributed by atoms with Crippen LogP contribution in [0.2, 0.25) is 5.02 Å². The first kappa shape index (κ1) is 14.6. The van der Waals surface area contributed by atoms with E-state index in [1.807, 2.05) is 36.4 Å². The minimum atomic E-state index is -0.217. The van der Waals surface area contributed by atoms with E-state index in [2.05, 4.69) is 27.9 Å². The van der Waals surface area contributed by atoms with Crippen LogP contribution in [0.25, 0.3) is 10.1 Å². The van der Waals surface area contributed by atoms with Crippen molar-refractivity contribution in [3.63, 3.8) is 0 Å². The monoisotopic (exact) mass is 428 g/mol. The van der Waals surface area contributed by atoms with E-state index in [0.29, 0.717) is 15.6 Å². The molecule has 3 aromatic rings. The lowest BCUT2D eigenvalue weighted by atomic mass is 10.2. The number of nitrogens with one attached hydrogen (secondary N) is 1. The molecule has 3 nitrogen and oxygen atoms in total. The van der Waals surface area contributed by atoms with Crippen LogP contribution in [0.4, 0.5) is 11.4 Å². The number of fused-ring (bicyclic) bond motifs is 1. The fourth-order valence-corrected chi connectivity index (χ4v) is 3.76. The van der Waals surface area contributed by atoms with Crippen LogP contribution < -0.4 is 11.1 Å². The Hall–Kier alpha value is -1.31.